The van der Waals surface area contributed by atoms with Gasteiger partial charge in [0.1, 0.15) is 23.9 Å². The molecular weight excluding hydrogens is 223 g/mol. The van der Waals surface area contributed by atoms with Gasteiger partial charge in [0.25, 0.3) is 0 Å². The molecule has 0 aliphatic carbocycles. The van der Waals surface area contributed by atoms with E-state index in [1.165, 1.54) is 12.1 Å². The molecular formula is C13H13FO3. The van der Waals surface area contributed by atoms with Gasteiger partial charge in [0.2, 0.25) is 0 Å². The van der Waals surface area contributed by atoms with Crippen molar-refractivity contribution in [2.45, 2.75) is 12.5 Å². The number of ether oxygens (including phenoxy) is 1. The minimum atomic E-state index is -0.676. The Morgan fingerprint density at radius 1 is 1.29 bits per heavy atom. The van der Waals surface area contributed by atoms with Crippen LogP contribution in [0, 0.1) is 5.82 Å². The van der Waals surface area contributed by atoms with Crippen molar-refractivity contribution in [1.29, 1.82) is 0 Å². The standard InChI is InChI=1S/C13H13FO3/c14-10-3-1-4-12(7-10)17-9-11(15)8-13-5-2-6-16-13/h1-7,11,15H,8-9H2. The molecule has 1 heterocycles. The van der Waals surface area contributed by atoms with Crippen LogP contribution in [0.3, 0.4) is 0 Å². The van der Waals surface area contributed by atoms with Crippen molar-refractivity contribution < 1.29 is 18.7 Å². The van der Waals surface area contributed by atoms with E-state index in [4.69, 9.17) is 9.15 Å². The molecule has 2 rings (SSSR count). The fourth-order valence-corrected chi connectivity index (χ4v) is 1.47. The zero-order valence-electron chi connectivity index (χ0n) is 9.17. The molecule has 0 fully saturated rings. The van der Waals surface area contributed by atoms with E-state index in [0.717, 1.165) is 0 Å². The van der Waals surface area contributed by atoms with Crippen molar-refractivity contribution in [2.24, 2.45) is 0 Å². The van der Waals surface area contributed by atoms with Crippen LogP contribution in [-0.2, 0) is 6.42 Å². The third-order valence-corrected chi connectivity index (χ3v) is 2.26. The molecule has 0 amide bonds. The lowest BCUT2D eigenvalue weighted by Crippen LogP contribution is -2.19. The van der Waals surface area contributed by atoms with Crippen molar-refractivity contribution in [2.75, 3.05) is 6.61 Å². The molecule has 90 valence electrons. The summed E-state index contributed by atoms with van der Waals surface area (Å²) in [5.74, 6) is 0.742. The summed E-state index contributed by atoms with van der Waals surface area (Å²) in [4.78, 5) is 0. The van der Waals surface area contributed by atoms with Crippen molar-refractivity contribution in [3.63, 3.8) is 0 Å². The number of aliphatic hydroxyl groups is 1. The van der Waals surface area contributed by atoms with Gasteiger partial charge in [-0.15, -0.1) is 0 Å². The summed E-state index contributed by atoms with van der Waals surface area (Å²) in [5.41, 5.74) is 0. The summed E-state index contributed by atoms with van der Waals surface area (Å²) >= 11 is 0. The Bertz CT molecular complexity index is 453. The van der Waals surface area contributed by atoms with Gasteiger partial charge in [-0.3, -0.25) is 0 Å². The number of aliphatic hydroxyl groups excluding tert-OH is 1. The molecule has 0 saturated carbocycles. The van der Waals surface area contributed by atoms with E-state index in [1.807, 2.05) is 0 Å². The van der Waals surface area contributed by atoms with Gasteiger partial charge >= 0.3 is 0 Å². The van der Waals surface area contributed by atoms with Crippen LogP contribution in [0.15, 0.2) is 47.1 Å². The van der Waals surface area contributed by atoms with Gasteiger partial charge in [0, 0.05) is 12.5 Å². The molecule has 0 bridgehead atoms. The van der Waals surface area contributed by atoms with Gasteiger partial charge in [0.15, 0.2) is 0 Å². The minimum Gasteiger partial charge on any atom is -0.491 e. The molecule has 1 atom stereocenters. The van der Waals surface area contributed by atoms with Crippen LogP contribution in [-0.4, -0.2) is 17.8 Å². The first-order valence-corrected chi connectivity index (χ1v) is 5.33. The predicted octanol–water partition coefficient (Wildman–Crippen LogP) is 2.40. The highest BCUT2D eigenvalue weighted by Gasteiger charge is 2.08. The summed E-state index contributed by atoms with van der Waals surface area (Å²) in [7, 11) is 0. The average molecular weight is 236 g/mol. The first-order chi connectivity index (χ1) is 8.24. The zero-order valence-corrected chi connectivity index (χ0v) is 9.17. The summed E-state index contributed by atoms with van der Waals surface area (Å²) in [6.45, 7) is 0.101. The third-order valence-electron chi connectivity index (χ3n) is 2.26. The average Bonchev–Trinajstić information content (AvgIpc) is 2.79. The second kappa shape index (κ2) is 5.50. The maximum absolute atomic E-state index is 12.8. The number of halogens is 1. The van der Waals surface area contributed by atoms with E-state index in [2.05, 4.69) is 0 Å². The minimum absolute atomic E-state index is 0.101. The van der Waals surface area contributed by atoms with Crippen LogP contribution < -0.4 is 4.74 Å². The predicted molar refractivity (Wildman–Crippen MR) is 60.3 cm³/mol. The van der Waals surface area contributed by atoms with Gasteiger partial charge in [-0.1, -0.05) is 6.07 Å². The van der Waals surface area contributed by atoms with Crippen molar-refractivity contribution in [3.05, 3.63) is 54.2 Å². The topological polar surface area (TPSA) is 42.6 Å². The second-order valence-electron chi connectivity index (χ2n) is 3.71. The lowest BCUT2D eigenvalue weighted by Gasteiger charge is -2.11. The zero-order chi connectivity index (χ0) is 12.1. The molecule has 1 N–H and O–H groups in total. The fourth-order valence-electron chi connectivity index (χ4n) is 1.47. The molecule has 0 radical (unpaired) electrons. The normalized spacial score (nSPS) is 12.4. The van der Waals surface area contributed by atoms with E-state index in [-0.39, 0.29) is 12.4 Å². The Balaban J connectivity index is 1.82. The molecule has 0 saturated heterocycles. The van der Waals surface area contributed by atoms with Crippen molar-refractivity contribution in [1.82, 2.24) is 0 Å². The van der Waals surface area contributed by atoms with Crippen LogP contribution in [0.4, 0.5) is 4.39 Å². The van der Waals surface area contributed by atoms with E-state index >= 15 is 0 Å². The highest BCUT2D eigenvalue weighted by Crippen LogP contribution is 2.13. The van der Waals surface area contributed by atoms with Gasteiger partial charge in [0.05, 0.1) is 12.4 Å². The van der Waals surface area contributed by atoms with Crippen LogP contribution in [0.2, 0.25) is 0 Å². The van der Waals surface area contributed by atoms with Crippen LogP contribution in [0.25, 0.3) is 0 Å². The maximum atomic E-state index is 12.8. The lowest BCUT2D eigenvalue weighted by molar-refractivity contribution is 0.103. The molecule has 0 aliphatic heterocycles. The molecule has 2 aromatic rings. The first-order valence-electron chi connectivity index (χ1n) is 5.33. The van der Waals surface area contributed by atoms with Gasteiger partial charge < -0.3 is 14.3 Å². The lowest BCUT2D eigenvalue weighted by atomic mass is 10.2. The number of rotatable bonds is 5. The number of benzene rings is 1. The summed E-state index contributed by atoms with van der Waals surface area (Å²) in [6.07, 6.45) is 1.25. The SMILES string of the molecule is OC(COc1cccc(F)c1)Cc1ccco1. The molecule has 1 aromatic carbocycles. The number of hydrogen-bond acceptors (Lipinski definition) is 3. The van der Waals surface area contributed by atoms with Gasteiger partial charge in [-0.2, -0.15) is 0 Å². The Morgan fingerprint density at radius 3 is 2.88 bits per heavy atom. The van der Waals surface area contributed by atoms with E-state index in [9.17, 15) is 9.50 Å². The first kappa shape index (κ1) is 11.7. The van der Waals surface area contributed by atoms with Crippen LogP contribution >= 0.6 is 0 Å². The molecule has 1 unspecified atom stereocenters. The van der Waals surface area contributed by atoms with Gasteiger partial charge in [-0.25, -0.2) is 4.39 Å². The highest BCUT2D eigenvalue weighted by atomic mass is 19.1. The molecule has 0 aliphatic rings. The second-order valence-corrected chi connectivity index (χ2v) is 3.71. The molecule has 4 heteroatoms. The third kappa shape index (κ3) is 3.60. The fraction of sp³-hybridized carbons (Fsp3) is 0.231. The Hall–Kier alpha value is -1.81. The monoisotopic (exact) mass is 236 g/mol. The van der Waals surface area contributed by atoms with E-state index in [1.54, 1.807) is 30.5 Å². The summed E-state index contributed by atoms with van der Waals surface area (Å²) < 4.78 is 23.2. The Labute approximate surface area is 98.5 Å². The number of hydrogen-bond donors (Lipinski definition) is 1. The molecule has 1 aromatic heterocycles. The molecule has 0 spiro atoms. The van der Waals surface area contributed by atoms with Crippen LogP contribution in [0.1, 0.15) is 5.76 Å². The maximum Gasteiger partial charge on any atom is 0.126 e. The summed E-state index contributed by atoms with van der Waals surface area (Å²) in [5, 5.41) is 9.67. The largest absolute Gasteiger partial charge is 0.491 e. The van der Waals surface area contributed by atoms with Crippen molar-refractivity contribution in [3.8, 4) is 5.75 Å². The van der Waals surface area contributed by atoms with Crippen LogP contribution in [0.5, 0.6) is 5.75 Å². The number of furan rings is 1. The van der Waals surface area contributed by atoms with E-state index < -0.39 is 6.10 Å². The molecule has 17 heavy (non-hydrogen) atoms. The summed E-state index contributed by atoms with van der Waals surface area (Å²) in [6, 6.07) is 9.36. The Kier molecular flexibility index (Phi) is 3.77. The smallest absolute Gasteiger partial charge is 0.126 e. The highest BCUT2D eigenvalue weighted by molar-refractivity contribution is 5.22. The van der Waals surface area contributed by atoms with Gasteiger partial charge in [-0.05, 0) is 24.3 Å². The molecule has 3 nitrogen and oxygen atoms in total. The van der Waals surface area contributed by atoms with E-state index in [0.29, 0.717) is 17.9 Å². The quantitative estimate of drug-likeness (QED) is 0.866. The Morgan fingerprint density at radius 2 is 2.18 bits per heavy atom. The van der Waals surface area contributed by atoms with Crippen molar-refractivity contribution >= 4 is 0 Å².